The zero-order chi connectivity index (χ0) is 28.0. The standard InChI is InChI=1S/C26H20F8O3S/c27-19-11-13-20(14-12-19)38(35,36)23(15-3-4-16-23)17-7-9-18(10-8-17)24(25(29,30)31,26(32,33)34)37-22-6-2-1-5-21(22)28/h1-2,5-14H,3-4,15-16H2. The Morgan fingerprint density at radius 1 is 0.711 bits per heavy atom. The number of alkyl halides is 6. The summed E-state index contributed by atoms with van der Waals surface area (Å²) in [6.45, 7) is 0. The number of hydrogen-bond acceptors (Lipinski definition) is 3. The highest BCUT2D eigenvalue weighted by Gasteiger charge is 2.75. The Balaban J connectivity index is 1.86. The van der Waals surface area contributed by atoms with E-state index >= 15 is 0 Å². The van der Waals surface area contributed by atoms with Gasteiger partial charge in [0.2, 0.25) is 0 Å². The van der Waals surface area contributed by atoms with E-state index in [1.54, 1.807) is 0 Å². The predicted octanol–water partition coefficient (Wildman–Crippen LogP) is 7.61. The van der Waals surface area contributed by atoms with Crippen molar-refractivity contribution in [3.8, 4) is 5.75 Å². The highest BCUT2D eigenvalue weighted by Crippen LogP contribution is 2.54. The van der Waals surface area contributed by atoms with Crippen LogP contribution in [0.3, 0.4) is 0 Å². The quantitative estimate of drug-likeness (QED) is 0.229. The summed E-state index contributed by atoms with van der Waals surface area (Å²) >= 11 is 0. The van der Waals surface area contributed by atoms with Crippen molar-refractivity contribution in [2.45, 2.75) is 53.3 Å². The Labute approximate surface area is 213 Å². The van der Waals surface area contributed by atoms with Crippen molar-refractivity contribution in [2.75, 3.05) is 0 Å². The molecule has 3 aromatic carbocycles. The number of sulfone groups is 1. The smallest absolute Gasteiger partial charge is 0.442 e. The summed E-state index contributed by atoms with van der Waals surface area (Å²) in [6, 6.07) is 10.1. The zero-order valence-electron chi connectivity index (χ0n) is 19.4. The third-order valence-electron chi connectivity index (χ3n) is 6.77. The van der Waals surface area contributed by atoms with E-state index in [4.69, 9.17) is 0 Å². The lowest BCUT2D eigenvalue weighted by molar-refractivity contribution is -0.365. The van der Waals surface area contributed by atoms with Crippen molar-refractivity contribution in [1.29, 1.82) is 0 Å². The molecule has 4 rings (SSSR count). The molecule has 1 fully saturated rings. The third kappa shape index (κ3) is 4.42. The lowest BCUT2D eigenvalue weighted by atomic mass is 9.88. The number of para-hydroxylation sites is 1. The fraction of sp³-hybridized carbons (Fsp3) is 0.308. The Morgan fingerprint density at radius 3 is 1.74 bits per heavy atom. The third-order valence-corrected chi connectivity index (χ3v) is 9.33. The highest BCUT2D eigenvalue weighted by atomic mass is 32.2. The molecule has 0 unspecified atom stereocenters. The van der Waals surface area contributed by atoms with Crippen molar-refractivity contribution in [1.82, 2.24) is 0 Å². The Hall–Kier alpha value is -3.15. The van der Waals surface area contributed by atoms with Gasteiger partial charge in [-0.3, -0.25) is 0 Å². The van der Waals surface area contributed by atoms with Gasteiger partial charge in [0.05, 0.1) is 4.90 Å². The monoisotopic (exact) mass is 564 g/mol. The van der Waals surface area contributed by atoms with E-state index in [0.717, 1.165) is 48.5 Å². The first-order valence-corrected chi connectivity index (χ1v) is 12.8. The van der Waals surface area contributed by atoms with Crippen molar-refractivity contribution < 1.29 is 48.3 Å². The molecule has 0 heterocycles. The molecule has 1 aliphatic rings. The first-order chi connectivity index (χ1) is 17.7. The molecule has 0 aliphatic heterocycles. The van der Waals surface area contributed by atoms with Crippen LogP contribution < -0.4 is 4.74 Å². The molecule has 0 N–H and O–H groups in total. The Morgan fingerprint density at radius 2 is 1.24 bits per heavy atom. The molecule has 1 aliphatic carbocycles. The van der Waals surface area contributed by atoms with Gasteiger partial charge in [0.15, 0.2) is 21.4 Å². The number of halogens is 8. The first-order valence-electron chi connectivity index (χ1n) is 11.3. The van der Waals surface area contributed by atoms with Crippen LogP contribution in [-0.4, -0.2) is 20.8 Å². The van der Waals surface area contributed by atoms with Crippen molar-refractivity contribution in [3.05, 3.63) is 95.6 Å². The number of benzene rings is 3. The molecule has 204 valence electrons. The number of hydrogen-bond donors (Lipinski definition) is 0. The van der Waals surface area contributed by atoms with E-state index in [0.29, 0.717) is 37.1 Å². The van der Waals surface area contributed by atoms with Crippen LogP contribution in [0.4, 0.5) is 35.1 Å². The van der Waals surface area contributed by atoms with Gasteiger partial charge in [0.1, 0.15) is 10.6 Å². The van der Waals surface area contributed by atoms with Crippen LogP contribution in [0.15, 0.2) is 77.7 Å². The van der Waals surface area contributed by atoms with Crippen LogP contribution >= 0.6 is 0 Å². The summed E-state index contributed by atoms with van der Waals surface area (Å²) in [5.74, 6) is -3.38. The number of ether oxygens (including phenoxy) is 1. The van der Waals surface area contributed by atoms with Gasteiger partial charge in [-0.1, -0.05) is 49.2 Å². The van der Waals surface area contributed by atoms with Gasteiger partial charge in [0, 0.05) is 5.56 Å². The molecule has 0 spiro atoms. The van der Waals surface area contributed by atoms with Crippen LogP contribution in [-0.2, 0) is 20.2 Å². The molecular formula is C26H20F8O3S. The van der Waals surface area contributed by atoms with Gasteiger partial charge in [-0.2, -0.15) is 26.3 Å². The molecule has 0 saturated heterocycles. The molecule has 0 radical (unpaired) electrons. The summed E-state index contributed by atoms with van der Waals surface area (Å²) in [5.41, 5.74) is -6.37. The largest absolute Gasteiger partial charge is 0.461 e. The lowest BCUT2D eigenvalue weighted by Gasteiger charge is -2.38. The normalized spacial score (nSPS) is 16.4. The molecule has 3 aromatic rings. The van der Waals surface area contributed by atoms with Crippen LogP contribution in [0.1, 0.15) is 36.8 Å². The second kappa shape index (κ2) is 9.55. The molecule has 3 nitrogen and oxygen atoms in total. The first kappa shape index (κ1) is 27.9. The van der Waals surface area contributed by atoms with Crippen molar-refractivity contribution >= 4 is 9.84 Å². The predicted molar refractivity (Wildman–Crippen MR) is 121 cm³/mol. The summed E-state index contributed by atoms with van der Waals surface area (Å²) in [4.78, 5) is -0.229. The molecule has 1 saturated carbocycles. The average Bonchev–Trinajstić information content (AvgIpc) is 3.34. The summed E-state index contributed by atoms with van der Waals surface area (Å²) in [6.07, 6.45) is -11.2. The molecule has 0 atom stereocenters. The number of rotatable bonds is 6. The molecule has 0 aromatic heterocycles. The minimum atomic E-state index is -6.08. The second-order valence-corrected chi connectivity index (χ2v) is 11.2. The van der Waals surface area contributed by atoms with E-state index in [-0.39, 0.29) is 23.3 Å². The van der Waals surface area contributed by atoms with Gasteiger partial charge in [0.25, 0.3) is 0 Å². The van der Waals surface area contributed by atoms with Crippen molar-refractivity contribution in [2.24, 2.45) is 0 Å². The summed E-state index contributed by atoms with van der Waals surface area (Å²) in [7, 11) is -4.22. The SMILES string of the molecule is O=S(=O)(c1ccc(F)cc1)C1(c2ccc(C(Oc3ccccc3F)(C(F)(F)F)C(F)(F)F)cc2)CCCC1. The minimum Gasteiger partial charge on any atom is -0.461 e. The van der Waals surface area contributed by atoms with Crippen LogP contribution in [0.25, 0.3) is 0 Å². The molecule has 0 bridgehead atoms. The minimum absolute atomic E-state index is 0.0211. The van der Waals surface area contributed by atoms with Gasteiger partial charge >= 0.3 is 18.0 Å². The van der Waals surface area contributed by atoms with Gasteiger partial charge in [-0.05, 0) is 54.8 Å². The maximum atomic E-state index is 14.2. The van der Waals surface area contributed by atoms with Crippen molar-refractivity contribution in [3.63, 3.8) is 0 Å². The van der Waals surface area contributed by atoms with E-state index in [2.05, 4.69) is 4.74 Å². The van der Waals surface area contributed by atoms with E-state index in [9.17, 15) is 43.5 Å². The maximum Gasteiger partial charge on any atom is 0.442 e. The fourth-order valence-corrected chi connectivity index (χ4v) is 7.08. The van der Waals surface area contributed by atoms with E-state index in [1.807, 2.05) is 0 Å². The lowest BCUT2D eigenvalue weighted by Crippen LogP contribution is -2.58. The topological polar surface area (TPSA) is 43.4 Å². The van der Waals surface area contributed by atoms with Gasteiger partial charge in [-0.25, -0.2) is 17.2 Å². The molecular weight excluding hydrogens is 544 g/mol. The van der Waals surface area contributed by atoms with Gasteiger partial charge < -0.3 is 4.74 Å². The van der Waals surface area contributed by atoms with Gasteiger partial charge in [-0.15, -0.1) is 0 Å². The summed E-state index contributed by atoms with van der Waals surface area (Å²) < 4.78 is 143. The van der Waals surface area contributed by atoms with Crippen LogP contribution in [0.5, 0.6) is 5.75 Å². The molecule has 12 heteroatoms. The Bertz CT molecular complexity index is 1380. The maximum absolute atomic E-state index is 14.2. The second-order valence-electron chi connectivity index (χ2n) is 8.95. The highest BCUT2D eigenvalue weighted by molar-refractivity contribution is 7.92. The van der Waals surface area contributed by atoms with Crippen LogP contribution in [0.2, 0.25) is 0 Å². The van der Waals surface area contributed by atoms with E-state index in [1.165, 1.54) is 0 Å². The molecule has 38 heavy (non-hydrogen) atoms. The fourth-order valence-electron chi connectivity index (χ4n) is 4.86. The average molecular weight is 564 g/mol. The Kier molecular flexibility index (Phi) is 7.00. The van der Waals surface area contributed by atoms with E-state index < -0.39 is 55.5 Å². The summed E-state index contributed by atoms with van der Waals surface area (Å²) in [5, 5.41) is 0. The molecule has 0 amide bonds. The zero-order valence-corrected chi connectivity index (χ0v) is 20.2. The van der Waals surface area contributed by atoms with Crippen LogP contribution in [0, 0.1) is 11.6 Å².